The summed E-state index contributed by atoms with van der Waals surface area (Å²) in [7, 11) is 1.60. The Balaban J connectivity index is 2.19. The highest BCUT2D eigenvalue weighted by atomic mass is 16.5. The number of hydrogen-bond donors (Lipinski definition) is 3. The summed E-state index contributed by atoms with van der Waals surface area (Å²) in [6.07, 6.45) is 0.415. The highest BCUT2D eigenvalue weighted by Gasteiger charge is 2.01. The summed E-state index contributed by atoms with van der Waals surface area (Å²) in [4.78, 5) is 11.4. The van der Waals surface area contributed by atoms with Gasteiger partial charge in [-0.3, -0.25) is 4.79 Å². The van der Waals surface area contributed by atoms with E-state index >= 15 is 0 Å². The Kier molecular flexibility index (Phi) is 5.88. The third kappa shape index (κ3) is 5.21. The van der Waals surface area contributed by atoms with E-state index in [2.05, 4.69) is 10.6 Å². The molecule has 0 heterocycles. The van der Waals surface area contributed by atoms with Gasteiger partial charge in [-0.25, -0.2) is 0 Å². The van der Waals surface area contributed by atoms with Gasteiger partial charge in [-0.2, -0.15) is 0 Å². The van der Waals surface area contributed by atoms with Gasteiger partial charge in [0, 0.05) is 26.6 Å². The molecule has 0 aromatic heterocycles. The topological polar surface area (TPSA) is 76.4 Å². The van der Waals surface area contributed by atoms with Crippen LogP contribution in [-0.4, -0.2) is 32.7 Å². The monoisotopic (exact) mass is 237 g/mol. The molecule has 1 aromatic carbocycles. The molecule has 4 N–H and O–H groups in total. The summed E-state index contributed by atoms with van der Waals surface area (Å²) in [5, 5.41) is 5.87. The van der Waals surface area contributed by atoms with Crippen LogP contribution >= 0.6 is 0 Å². The van der Waals surface area contributed by atoms with Crippen LogP contribution in [0.4, 0.5) is 11.4 Å². The highest BCUT2D eigenvalue weighted by molar-refractivity contribution is 5.76. The fourth-order valence-corrected chi connectivity index (χ4v) is 1.35. The van der Waals surface area contributed by atoms with Gasteiger partial charge in [0.1, 0.15) is 0 Å². The third-order valence-electron chi connectivity index (χ3n) is 2.26. The molecule has 94 valence electrons. The first-order chi connectivity index (χ1) is 8.24. The molecule has 0 bridgehead atoms. The van der Waals surface area contributed by atoms with Gasteiger partial charge in [0.05, 0.1) is 18.0 Å². The van der Waals surface area contributed by atoms with Crippen LogP contribution in [0.3, 0.4) is 0 Å². The zero-order valence-electron chi connectivity index (χ0n) is 10.0. The van der Waals surface area contributed by atoms with Gasteiger partial charge in [-0.1, -0.05) is 12.1 Å². The summed E-state index contributed by atoms with van der Waals surface area (Å²) >= 11 is 0. The maximum absolute atomic E-state index is 11.4. The minimum Gasteiger partial charge on any atom is -0.397 e. The first-order valence-electron chi connectivity index (χ1n) is 5.58. The molecule has 1 amide bonds. The van der Waals surface area contributed by atoms with Gasteiger partial charge < -0.3 is 21.1 Å². The average molecular weight is 237 g/mol. The van der Waals surface area contributed by atoms with Gasteiger partial charge >= 0.3 is 0 Å². The Morgan fingerprint density at radius 2 is 2.12 bits per heavy atom. The molecule has 1 rings (SSSR count). The van der Waals surface area contributed by atoms with Crippen molar-refractivity contribution >= 4 is 17.3 Å². The number of benzene rings is 1. The van der Waals surface area contributed by atoms with E-state index in [0.717, 1.165) is 5.69 Å². The lowest BCUT2D eigenvalue weighted by Gasteiger charge is -2.09. The zero-order valence-corrected chi connectivity index (χ0v) is 10.0. The van der Waals surface area contributed by atoms with Gasteiger partial charge in [-0.15, -0.1) is 0 Å². The van der Waals surface area contributed by atoms with Crippen LogP contribution in [-0.2, 0) is 9.53 Å². The summed E-state index contributed by atoms with van der Waals surface area (Å²) in [6.45, 7) is 1.64. The molecule has 0 aliphatic heterocycles. The lowest BCUT2D eigenvalue weighted by molar-refractivity contribution is -0.121. The second-order valence-electron chi connectivity index (χ2n) is 3.61. The summed E-state index contributed by atoms with van der Waals surface area (Å²) in [5.41, 5.74) is 7.30. The predicted molar refractivity (Wildman–Crippen MR) is 68.8 cm³/mol. The lowest BCUT2D eigenvalue weighted by atomic mass is 10.2. The molecule has 0 atom stereocenters. The number of nitrogens with two attached hydrogens (primary N) is 1. The van der Waals surface area contributed by atoms with Crippen LogP contribution in [0.15, 0.2) is 24.3 Å². The van der Waals surface area contributed by atoms with Gasteiger partial charge in [-0.05, 0) is 12.1 Å². The first kappa shape index (κ1) is 13.3. The van der Waals surface area contributed by atoms with E-state index in [-0.39, 0.29) is 5.91 Å². The van der Waals surface area contributed by atoms with Crippen molar-refractivity contribution in [3.05, 3.63) is 24.3 Å². The molecular formula is C12H19N3O2. The molecule has 0 fully saturated rings. The highest BCUT2D eigenvalue weighted by Crippen LogP contribution is 2.16. The van der Waals surface area contributed by atoms with Crippen LogP contribution in [0.2, 0.25) is 0 Å². The van der Waals surface area contributed by atoms with Crippen molar-refractivity contribution in [2.24, 2.45) is 0 Å². The fourth-order valence-electron chi connectivity index (χ4n) is 1.35. The summed E-state index contributed by atoms with van der Waals surface area (Å²) in [6, 6.07) is 7.48. The molecular weight excluding hydrogens is 218 g/mol. The van der Waals surface area contributed by atoms with Gasteiger partial charge in [0.15, 0.2) is 0 Å². The number of anilines is 2. The van der Waals surface area contributed by atoms with Gasteiger partial charge in [0.25, 0.3) is 0 Å². The average Bonchev–Trinajstić information content (AvgIpc) is 2.32. The van der Waals surface area contributed by atoms with Crippen LogP contribution in [0.5, 0.6) is 0 Å². The zero-order chi connectivity index (χ0) is 12.5. The second kappa shape index (κ2) is 7.51. The third-order valence-corrected chi connectivity index (χ3v) is 2.26. The van der Waals surface area contributed by atoms with E-state index in [1.807, 2.05) is 24.3 Å². The number of nitrogen functional groups attached to an aromatic ring is 1. The molecule has 0 aliphatic carbocycles. The van der Waals surface area contributed by atoms with Crippen LogP contribution < -0.4 is 16.4 Å². The molecule has 1 aromatic rings. The number of para-hydroxylation sites is 2. The van der Waals surface area contributed by atoms with Crippen molar-refractivity contribution in [2.45, 2.75) is 6.42 Å². The number of carbonyl (C=O) groups is 1. The van der Waals surface area contributed by atoms with Crippen molar-refractivity contribution < 1.29 is 9.53 Å². The normalized spacial score (nSPS) is 9.94. The number of hydrogen-bond acceptors (Lipinski definition) is 4. The van der Waals surface area contributed by atoms with E-state index in [1.165, 1.54) is 0 Å². The Labute approximate surface area is 101 Å². The molecule has 17 heavy (non-hydrogen) atoms. The van der Waals surface area contributed by atoms with E-state index in [0.29, 0.717) is 31.8 Å². The van der Waals surface area contributed by atoms with Crippen molar-refractivity contribution in [1.82, 2.24) is 5.32 Å². The van der Waals surface area contributed by atoms with E-state index in [4.69, 9.17) is 10.5 Å². The maximum Gasteiger partial charge on any atom is 0.221 e. The maximum atomic E-state index is 11.4. The number of amides is 1. The Bertz CT molecular complexity index is 355. The van der Waals surface area contributed by atoms with Crippen molar-refractivity contribution in [3.63, 3.8) is 0 Å². The SMILES string of the molecule is COCCNC(=O)CCNc1ccccc1N. The number of rotatable bonds is 7. The smallest absolute Gasteiger partial charge is 0.221 e. The van der Waals surface area contributed by atoms with E-state index < -0.39 is 0 Å². The Hall–Kier alpha value is -1.75. The Morgan fingerprint density at radius 1 is 1.35 bits per heavy atom. The first-order valence-corrected chi connectivity index (χ1v) is 5.58. The fraction of sp³-hybridized carbons (Fsp3) is 0.417. The van der Waals surface area contributed by atoms with Crippen LogP contribution in [0, 0.1) is 0 Å². The van der Waals surface area contributed by atoms with E-state index in [9.17, 15) is 4.79 Å². The summed E-state index contributed by atoms with van der Waals surface area (Å²) in [5.74, 6) is 0.00375. The molecule has 0 spiro atoms. The number of methoxy groups -OCH3 is 1. The molecule has 5 nitrogen and oxygen atoms in total. The number of nitrogens with one attached hydrogen (secondary N) is 2. The van der Waals surface area contributed by atoms with Crippen LogP contribution in [0.25, 0.3) is 0 Å². The Morgan fingerprint density at radius 3 is 2.82 bits per heavy atom. The molecule has 0 unspecified atom stereocenters. The lowest BCUT2D eigenvalue weighted by Crippen LogP contribution is -2.28. The minimum atomic E-state index is 0.00375. The molecule has 5 heteroatoms. The minimum absolute atomic E-state index is 0.00375. The number of carbonyl (C=O) groups excluding carboxylic acids is 1. The van der Waals surface area contributed by atoms with Gasteiger partial charge in [0.2, 0.25) is 5.91 Å². The summed E-state index contributed by atoms with van der Waals surface area (Å²) < 4.78 is 4.83. The quantitative estimate of drug-likeness (QED) is 0.485. The largest absolute Gasteiger partial charge is 0.397 e. The molecule has 0 aliphatic rings. The van der Waals surface area contributed by atoms with E-state index in [1.54, 1.807) is 7.11 Å². The molecule has 0 saturated carbocycles. The van der Waals surface area contributed by atoms with Crippen LogP contribution in [0.1, 0.15) is 6.42 Å². The number of ether oxygens (including phenoxy) is 1. The molecule has 0 radical (unpaired) electrons. The standard InChI is InChI=1S/C12H19N3O2/c1-17-9-8-15-12(16)6-7-14-11-5-3-2-4-10(11)13/h2-5,14H,6-9,13H2,1H3,(H,15,16). The van der Waals surface area contributed by atoms with Crippen molar-refractivity contribution in [1.29, 1.82) is 0 Å². The predicted octanol–water partition coefficient (Wildman–Crippen LogP) is 0.833. The van der Waals surface area contributed by atoms with Crippen molar-refractivity contribution in [3.8, 4) is 0 Å². The molecule has 0 saturated heterocycles. The van der Waals surface area contributed by atoms with Crippen molar-refractivity contribution in [2.75, 3.05) is 37.9 Å². The second-order valence-corrected chi connectivity index (χ2v) is 3.61.